The van der Waals surface area contributed by atoms with Gasteiger partial charge in [-0.15, -0.1) is 11.3 Å². The molecule has 0 aliphatic rings. The number of ether oxygens (including phenoxy) is 1. The normalized spacial score (nSPS) is 10.5. The first-order valence-corrected chi connectivity index (χ1v) is 9.17. The van der Waals surface area contributed by atoms with Crippen LogP contribution in [0.5, 0.6) is 5.75 Å². The SMILES string of the molecule is O=C(Nc1ccc(-n2cncn2)cc1)c1cccc(OCc2cccs2)c1. The van der Waals surface area contributed by atoms with Gasteiger partial charge in [-0.2, -0.15) is 5.10 Å². The third-order valence-corrected chi connectivity index (χ3v) is 4.72. The van der Waals surface area contributed by atoms with Crippen molar-refractivity contribution in [2.45, 2.75) is 6.61 Å². The topological polar surface area (TPSA) is 69.0 Å². The summed E-state index contributed by atoms with van der Waals surface area (Å²) in [5.74, 6) is 0.475. The van der Waals surface area contributed by atoms with Crippen LogP contribution in [0.15, 0.2) is 78.7 Å². The molecule has 0 bridgehead atoms. The van der Waals surface area contributed by atoms with Gasteiger partial charge in [0.1, 0.15) is 25.0 Å². The highest BCUT2D eigenvalue weighted by Crippen LogP contribution is 2.19. The van der Waals surface area contributed by atoms with E-state index >= 15 is 0 Å². The van der Waals surface area contributed by atoms with E-state index in [9.17, 15) is 4.79 Å². The number of nitrogens with zero attached hydrogens (tertiary/aromatic N) is 3. The summed E-state index contributed by atoms with van der Waals surface area (Å²) >= 11 is 1.64. The first-order chi connectivity index (χ1) is 13.3. The van der Waals surface area contributed by atoms with Crippen LogP contribution in [0, 0.1) is 0 Å². The Balaban J connectivity index is 1.41. The fourth-order valence-corrected chi connectivity index (χ4v) is 3.13. The minimum atomic E-state index is -0.190. The van der Waals surface area contributed by atoms with Gasteiger partial charge in [-0.05, 0) is 53.9 Å². The number of thiophene rings is 1. The Hall–Kier alpha value is -3.45. The number of carbonyl (C=O) groups is 1. The van der Waals surface area contributed by atoms with Crippen LogP contribution in [0.25, 0.3) is 5.69 Å². The Kier molecular flexibility index (Phi) is 4.93. The van der Waals surface area contributed by atoms with Crippen molar-refractivity contribution in [3.63, 3.8) is 0 Å². The maximum Gasteiger partial charge on any atom is 0.255 e. The van der Waals surface area contributed by atoms with Crippen molar-refractivity contribution < 1.29 is 9.53 Å². The van der Waals surface area contributed by atoms with Crippen molar-refractivity contribution in [1.82, 2.24) is 14.8 Å². The molecule has 4 aromatic rings. The van der Waals surface area contributed by atoms with E-state index in [4.69, 9.17) is 4.74 Å². The molecule has 0 radical (unpaired) electrons. The largest absolute Gasteiger partial charge is 0.488 e. The van der Waals surface area contributed by atoms with Crippen LogP contribution in [0.4, 0.5) is 5.69 Å². The van der Waals surface area contributed by atoms with E-state index in [0.29, 0.717) is 23.6 Å². The molecule has 0 spiro atoms. The third kappa shape index (κ3) is 4.21. The Labute approximate surface area is 160 Å². The zero-order valence-corrected chi connectivity index (χ0v) is 15.1. The summed E-state index contributed by atoms with van der Waals surface area (Å²) in [7, 11) is 0. The van der Waals surface area contributed by atoms with Gasteiger partial charge in [0, 0.05) is 16.1 Å². The number of benzene rings is 2. The minimum Gasteiger partial charge on any atom is -0.488 e. The molecular formula is C20H16N4O2S. The molecule has 0 saturated carbocycles. The van der Waals surface area contributed by atoms with E-state index in [2.05, 4.69) is 15.4 Å². The summed E-state index contributed by atoms with van der Waals surface area (Å²) in [5, 5.41) is 8.98. The molecule has 1 N–H and O–H groups in total. The molecule has 0 atom stereocenters. The second-order valence-corrected chi connectivity index (χ2v) is 6.77. The molecule has 2 heterocycles. The van der Waals surface area contributed by atoms with Gasteiger partial charge in [0.15, 0.2) is 0 Å². The molecule has 0 unspecified atom stereocenters. The zero-order chi connectivity index (χ0) is 18.5. The summed E-state index contributed by atoms with van der Waals surface area (Å²) in [6, 6.07) is 18.5. The van der Waals surface area contributed by atoms with Crippen molar-refractivity contribution >= 4 is 22.9 Å². The van der Waals surface area contributed by atoms with Gasteiger partial charge in [-0.3, -0.25) is 4.79 Å². The zero-order valence-electron chi connectivity index (χ0n) is 14.3. The monoisotopic (exact) mass is 376 g/mol. The highest BCUT2D eigenvalue weighted by Gasteiger charge is 2.08. The number of hydrogen-bond acceptors (Lipinski definition) is 5. The van der Waals surface area contributed by atoms with E-state index < -0.39 is 0 Å². The Morgan fingerprint density at radius 3 is 2.74 bits per heavy atom. The smallest absolute Gasteiger partial charge is 0.255 e. The highest BCUT2D eigenvalue weighted by molar-refractivity contribution is 7.09. The molecule has 1 amide bonds. The van der Waals surface area contributed by atoms with Crippen LogP contribution in [0.3, 0.4) is 0 Å². The van der Waals surface area contributed by atoms with Gasteiger partial charge in [-0.25, -0.2) is 9.67 Å². The Morgan fingerprint density at radius 2 is 2.00 bits per heavy atom. The molecule has 0 aliphatic heterocycles. The average Bonchev–Trinajstić information content (AvgIpc) is 3.41. The van der Waals surface area contributed by atoms with Gasteiger partial charge < -0.3 is 10.1 Å². The second-order valence-electron chi connectivity index (χ2n) is 5.74. The molecule has 134 valence electrons. The number of rotatable bonds is 6. The van der Waals surface area contributed by atoms with Crippen LogP contribution in [-0.2, 0) is 6.61 Å². The van der Waals surface area contributed by atoms with Gasteiger partial charge in [0.05, 0.1) is 5.69 Å². The fraction of sp³-hybridized carbons (Fsp3) is 0.0500. The second kappa shape index (κ2) is 7.84. The lowest BCUT2D eigenvalue weighted by Gasteiger charge is -2.09. The quantitative estimate of drug-likeness (QED) is 0.549. The lowest BCUT2D eigenvalue weighted by molar-refractivity contribution is 0.102. The van der Waals surface area contributed by atoms with Gasteiger partial charge >= 0.3 is 0 Å². The van der Waals surface area contributed by atoms with Gasteiger partial charge in [0.25, 0.3) is 5.91 Å². The van der Waals surface area contributed by atoms with E-state index in [1.807, 2.05) is 53.9 Å². The Bertz CT molecular complexity index is 1010. The van der Waals surface area contributed by atoms with Crippen LogP contribution < -0.4 is 10.1 Å². The molecule has 0 fully saturated rings. The van der Waals surface area contributed by atoms with Crippen molar-refractivity contribution in [2.75, 3.05) is 5.32 Å². The lowest BCUT2D eigenvalue weighted by Crippen LogP contribution is -2.12. The first-order valence-electron chi connectivity index (χ1n) is 8.29. The van der Waals surface area contributed by atoms with Gasteiger partial charge in [-0.1, -0.05) is 12.1 Å². The van der Waals surface area contributed by atoms with Crippen LogP contribution in [0.1, 0.15) is 15.2 Å². The van der Waals surface area contributed by atoms with Crippen molar-refractivity contribution in [3.05, 3.63) is 89.1 Å². The number of nitrogens with one attached hydrogen (secondary N) is 1. The molecule has 0 aliphatic carbocycles. The number of carbonyl (C=O) groups excluding carboxylic acids is 1. The van der Waals surface area contributed by atoms with E-state index in [0.717, 1.165) is 10.6 Å². The summed E-state index contributed by atoms with van der Waals surface area (Å²) < 4.78 is 7.42. The van der Waals surface area contributed by atoms with Crippen LogP contribution in [-0.4, -0.2) is 20.7 Å². The maximum atomic E-state index is 12.5. The van der Waals surface area contributed by atoms with Crippen molar-refractivity contribution in [1.29, 1.82) is 0 Å². The maximum absolute atomic E-state index is 12.5. The summed E-state index contributed by atoms with van der Waals surface area (Å²) in [4.78, 5) is 17.6. The lowest BCUT2D eigenvalue weighted by atomic mass is 10.2. The fourth-order valence-electron chi connectivity index (χ4n) is 2.52. The summed E-state index contributed by atoms with van der Waals surface area (Å²) in [6.45, 7) is 0.493. The predicted octanol–water partition coefficient (Wildman–Crippen LogP) is 4.16. The number of amides is 1. The third-order valence-electron chi connectivity index (χ3n) is 3.87. The molecule has 0 saturated heterocycles. The van der Waals surface area contributed by atoms with Crippen molar-refractivity contribution in [2.24, 2.45) is 0 Å². The standard InChI is InChI=1S/C20H16N4O2S/c25-20(23-16-6-8-17(9-7-16)24-14-21-13-22-24)15-3-1-4-18(11-15)26-12-19-5-2-10-27-19/h1-11,13-14H,12H2,(H,23,25). The minimum absolute atomic E-state index is 0.190. The van der Waals surface area contributed by atoms with Crippen LogP contribution >= 0.6 is 11.3 Å². The number of anilines is 1. The van der Waals surface area contributed by atoms with Crippen LogP contribution in [0.2, 0.25) is 0 Å². The number of aromatic nitrogens is 3. The van der Waals surface area contributed by atoms with E-state index in [1.54, 1.807) is 34.5 Å². The summed E-state index contributed by atoms with van der Waals surface area (Å²) in [6.07, 6.45) is 3.10. The molecule has 27 heavy (non-hydrogen) atoms. The predicted molar refractivity (Wildman–Crippen MR) is 104 cm³/mol. The molecule has 6 nitrogen and oxygen atoms in total. The average molecular weight is 376 g/mol. The van der Waals surface area contributed by atoms with Crippen molar-refractivity contribution in [3.8, 4) is 11.4 Å². The summed E-state index contributed by atoms with van der Waals surface area (Å²) in [5.41, 5.74) is 2.11. The molecule has 2 aromatic carbocycles. The molecule has 7 heteroatoms. The first kappa shape index (κ1) is 17.0. The highest BCUT2D eigenvalue weighted by atomic mass is 32.1. The Morgan fingerprint density at radius 1 is 1.11 bits per heavy atom. The van der Waals surface area contributed by atoms with E-state index in [-0.39, 0.29) is 5.91 Å². The van der Waals surface area contributed by atoms with E-state index in [1.165, 1.54) is 6.33 Å². The molecule has 2 aromatic heterocycles. The molecule has 4 rings (SSSR count). The van der Waals surface area contributed by atoms with Gasteiger partial charge in [0.2, 0.25) is 0 Å². The molecular weight excluding hydrogens is 360 g/mol. The number of hydrogen-bond donors (Lipinski definition) is 1.